The highest BCUT2D eigenvalue weighted by atomic mass is 28.3. The monoisotopic (exact) mass is 555 g/mol. The van der Waals surface area contributed by atoms with Gasteiger partial charge >= 0.3 is 6.09 Å². The van der Waals surface area contributed by atoms with Gasteiger partial charge in [-0.1, -0.05) is 70.7 Å². The molecule has 0 fully saturated rings. The van der Waals surface area contributed by atoms with Crippen LogP contribution in [-0.2, 0) is 11.3 Å². The van der Waals surface area contributed by atoms with Crippen LogP contribution in [0.2, 0.25) is 19.6 Å². The number of halogens is 2. The van der Waals surface area contributed by atoms with Gasteiger partial charge in [0.1, 0.15) is 11.6 Å². The Morgan fingerprint density at radius 1 is 1.08 bits per heavy atom. The molecule has 0 spiro atoms. The molecule has 1 atom stereocenters. The normalized spacial score (nSPS) is 12.8. The molecule has 0 aliphatic heterocycles. The van der Waals surface area contributed by atoms with Crippen molar-refractivity contribution in [2.24, 2.45) is 5.41 Å². The van der Waals surface area contributed by atoms with Crippen molar-refractivity contribution >= 4 is 14.3 Å². The average molecular weight is 556 g/mol. The van der Waals surface area contributed by atoms with Gasteiger partial charge in [-0.25, -0.2) is 13.6 Å². The Kier molecular flexibility index (Phi) is 10.1. The summed E-state index contributed by atoms with van der Waals surface area (Å²) in [6.45, 7) is 17.0. The minimum Gasteiger partial charge on any atom is -0.450 e. The van der Waals surface area contributed by atoms with Gasteiger partial charge in [0.15, 0.2) is 8.24 Å². The van der Waals surface area contributed by atoms with E-state index in [1.165, 1.54) is 12.1 Å². The third kappa shape index (κ3) is 8.26. The number of aromatic nitrogens is 1. The van der Waals surface area contributed by atoms with Gasteiger partial charge in [0.05, 0.1) is 12.6 Å². The first kappa shape index (κ1) is 30.6. The molecule has 0 radical (unpaired) electrons. The highest BCUT2D eigenvalue weighted by molar-refractivity contribution is 6.75. The predicted octanol–water partition coefficient (Wildman–Crippen LogP) is 7.84. The van der Waals surface area contributed by atoms with Gasteiger partial charge in [0.25, 0.3) is 0 Å². The van der Waals surface area contributed by atoms with Crippen molar-refractivity contribution in [1.29, 1.82) is 0 Å². The third-order valence-corrected chi connectivity index (χ3v) is 8.89. The van der Waals surface area contributed by atoms with Crippen molar-refractivity contribution in [1.82, 2.24) is 14.4 Å². The van der Waals surface area contributed by atoms with Crippen LogP contribution in [0, 0.1) is 17.0 Å². The van der Waals surface area contributed by atoms with Crippen LogP contribution in [-0.4, -0.2) is 43.2 Å². The number of benzene rings is 2. The Morgan fingerprint density at radius 3 is 2.38 bits per heavy atom. The molecule has 3 rings (SSSR count). The van der Waals surface area contributed by atoms with E-state index in [2.05, 4.69) is 62.4 Å². The Bertz CT molecular complexity index is 1230. The average Bonchev–Trinajstić information content (AvgIpc) is 3.24. The number of carbonyl (C=O) groups excluding carboxylic acids is 1. The van der Waals surface area contributed by atoms with Crippen molar-refractivity contribution in [2.75, 3.05) is 19.7 Å². The summed E-state index contributed by atoms with van der Waals surface area (Å²) >= 11 is 0. The highest BCUT2D eigenvalue weighted by Gasteiger charge is 2.30. The predicted molar refractivity (Wildman–Crippen MR) is 157 cm³/mol. The zero-order valence-corrected chi connectivity index (χ0v) is 25.4. The lowest BCUT2D eigenvalue weighted by atomic mass is 9.84. The molecule has 212 valence electrons. The minimum atomic E-state index is -1.79. The number of rotatable bonds is 11. The molecule has 0 aliphatic rings. The first-order valence-electron chi connectivity index (χ1n) is 13.7. The molecule has 1 N–H and O–H groups in total. The van der Waals surface area contributed by atoms with Gasteiger partial charge in [-0.05, 0) is 55.1 Å². The third-order valence-electron chi connectivity index (χ3n) is 6.77. The summed E-state index contributed by atoms with van der Waals surface area (Å²) in [6, 6.07) is 15.5. The Balaban J connectivity index is 1.82. The number of ether oxygens (including phenoxy) is 1. The lowest BCUT2D eigenvalue weighted by Crippen LogP contribution is -2.49. The van der Waals surface area contributed by atoms with E-state index in [0.29, 0.717) is 38.2 Å². The number of nitrogens with zero attached hydrogens (tertiary/aromatic N) is 2. The Hall–Kier alpha value is -2.97. The molecule has 3 aromatic rings. The Morgan fingerprint density at radius 2 is 1.77 bits per heavy atom. The van der Waals surface area contributed by atoms with E-state index >= 15 is 0 Å². The van der Waals surface area contributed by atoms with Gasteiger partial charge in [-0.15, -0.1) is 0 Å². The van der Waals surface area contributed by atoms with Crippen molar-refractivity contribution in [3.05, 3.63) is 83.7 Å². The van der Waals surface area contributed by atoms with Crippen LogP contribution in [0.1, 0.15) is 51.4 Å². The fraction of sp³-hybridized carbons (Fsp3) is 0.452. The summed E-state index contributed by atoms with van der Waals surface area (Å²) in [7, 11) is -1.79. The van der Waals surface area contributed by atoms with E-state index in [1.54, 1.807) is 0 Å². The maximum atomic E-state index is 14.7. The summed E-state index contributed by atoms with van der Waals surface area (Å²) in [5.41, 5.74) is 2.79. The standard InChI is InChI=1S/C31H43F2N3O2Si/c1-8-36(39(5,6)7)30(37)38-18-12-17-34-29(31(2,3)4)28-19-24(26-20-25(32)15-16-27(26)33)22-35(28)21-23-13-10-9-11-14-23/h9-11,13-16,19-20,22,29,34H,8,12,17-18,21H2,1-7H3/t29-/m0/s1. The van der Waals surface area contributed by atoms with Crippen LogP contribution in [0.15, 0.2) is 60.8 Å². The molecule has 1 aromatic heterocycles. The molecule has 1 heterocycles. The highest BCUT2D eigenvalue weighted by Crippen LogP contribution is 2.37. The van der Waals surface area contributed by atoms with E-state index < -0.39 is 19.9 Å². The van der Waals surface area contributed by atoms with Gasteiger partial charge in [-0.2, -0.15) is 0 Å². The molecule has 39 heavy (non-hydrogen) atoms. The molecule has 5 nitrogen and oxygen atoms in total. The Labute approximate surface area is 233 Å². The van der Waals surface area contributed by atoms with E-state index in [1.807, 2.05) is 42.0 Å². The maximum absolute atomic E-state index is 14.7. The molecule has 0 bridgehead atoms. The number of hydrogen-bond acceptors (Lipinski definition) is 3. The molecular weight excluding hydrogens is 512 g/mol. The second-order valence-corrected chi connectivity index (χ2v) is 16.9. The molecular formula is C31H43F2N3O2Si. The largest absolute Gasteiger partial charge is 0.450 e. The zero-order chi connectivity index (χ0) is 28.8. The topological polar surface area (TPSA) is 46.5 Å². The van der Waals surface area contributed by atoms with Crippen molar-refractivity contribution < 1.29 is 18.3 Å². The quantitative estimate of drug-likeness (QED) is 0.194. The van der Waals surface area contributed by atoms with Gasteiger partial charge in [0, 0.05) is 36.1 Å². The van der Waals surface area contributed by atoms with Crippen LogP contribution >= 0.6 is 0 Å². The lowest BCUT2D eigenvalue weighted by Gasteiger charge is -2.33. The maximum Gasteiger partial charge on any atom is 0.401 e. The first-order chi connectivity index (χ1) is 18.3. The summed E-state index contributed by atoms with van der Waals surface area (Å²) < 4.78 is 38.3. The number of nitrogens with one attached hydrogen (secondary N) is 1. The molecule has 0 saturated carbocycles. The van der Waals surface area contributed by atoms with Gasteiger partial charge in [-0.3, -0.25) is 0 Å². The van der Waals surface area contributed by atoms with Crippen molar-refractivity contribution in [3.8, 4) is 11.1 Å². The van der Waals surface area contributed by atoms with E-state index in [-0.39, 0.29) is 23.1 Å². The summed E-state index contributed by atoms with van der Waals surface area (Å²) in [5.74, 6) is -0.930. The molecule has 8 heteroatoms. The SMILES string of the molecule is CCN(C(=O)OCCCN[C@@H](c1cc(-c2cc(F)ccc2F)cn1Cc1ccccc1)C(C)(C)C)[Si](C)(C)C. The van der Waals surface area contributed by atoms with Crippen LogP contribution < -0.4 is 5.32 Å². The second kappa shape index (κ2) is 12.9. The fourth-order valence-corrected chi connectivity index (χ4v) is 6.40. The van der Waals surface area contributed by atoms with Gasteiger partial charge < -0.3 is 19.2 Å². The van der Waals surface area contributed by atoms with Crippen molar-refractivity contribution in [2.45, 2.75) is 66.3 Å². The van der Waals surface area contributed by atoms with E-state index in [0.717, 1.165) is 17.3 Å². The number of carbonyl (C=O) groups is 1. The minimum absolute atomic E-state index is 0.0867. The molecule has 0 aliphatic carbocycles. The van der Waals surface area contributed by atoms with E-state index in [4.69, 9.17) is 4.74 Å². The van der Waals surface area contributed by atoms with Crippen LogP contribution in [0.25, 0.3) is 11.1 Å². The first-order valence-corrected chi connectivity index (χ1v) is 17.1. The molecule has 1 amide bonds. The van der Waals surface area contributed by atoms with Gasteiger partial charge in [0.2, 0.25) is 0 Å². The summed E-state index contributed by atoms with van der Waals surface area (Å²) in [4.78, 5) is 12.6. The number of hydrogen-bond donors (Lipinski definition) is 1. The lowest BCUT2D eigenvalue weighted by molar-refractivity contribution is 0.122. The molecule has 0 unspecified atom stereocenters. The molecule has 2 aromatic carbocycles. The van der Waals surface area contributed by atoms with Crippen LogP contribution in [0.3, 0.4) is 0 Å². The van der Waals surface area contributed by atoms with Crippen LogP contribution in [0.5, 0.6) is 0 Å². The zero-order valence-electron chi connectivity index (χ0n) is 24.4. The summed E-state index contributed by atoms with van der Waals surface area (Å²) in [6.07, 6.45) is 2.31. The van der Waals surface area contributed by atoms with E-state index in [9.17, 15) is 13.6 Å². The smallest absolute Gasteiger partial charge is 0.401 e. The van der Waals surface area contributed by atoms with Crippen LogP contribution in [0.4, 0.5) is 13.6 Å². The number of amides is 1. The van der Waals surface area contributed by atoms with Crippen molar-refractivity contribution in [3.63, 3.8) is 0 Å². The fourth-order valence-electron chi connectivity index (χ4n) is 4.84. The summed E-state index contributed by atoms with van der Waals surface area (Å²) in [5, 5.41) is 3.66. The second-order valence-electron chi connectivity index (χ2n) is 12.0. The molecule has 0 saturated heterocycles.